The van der Waals surface area contributed by atoms with E-state index in [4.69, 9.17) is 0 Å². The standard InChI is InChI=1S/C24H30N8O/c1-4-31(15-17-13-28-30(3)14-17)21-20(25-2)22(27-16-26-21)32-11-9-24(10-12-32)18-7-5-6-8-19(18)29-23(24)33/h5-8,13-14,16,25H,4,9-12,15H2,1-3H3,(H,29,33). The number of carbonyl (C=O) groups excluding carboxylic acids is 1. The molecule has 2 aliphatic rings. The van der Waals surface area contributed by atoms with Crippen molar-refractivity contribution in [1.29, 1.82) is 0 Å². The molecule has 0 unspecified atom stereocenters. The number of carbonyl (C=O) groups is 1. The van der Waals surface area contributed by atoms with Gasteiger partial charge in [0.25, 0.3) is 0 Å². The summed E-state index contributed by atoms with van der Waals surface area (Å²) in [6, 6.07) is 8.07. The van der Waals surface area contributed by atoms with Gasteiger partial charge in [-0.2, -0.15) is 5.10 Å². The first-order valence-corrected chi connectivity index (χ1v) is 11.5. The van der Waals surface area contributed by atoms with E-state index in [1.165, 1.54) is 0 Å². The SMILES string of the molecule is CCN(Cc1cnn(C)c1)c1ncnc(N2CCC3(CC2)C(=O)Nc2ccccc23)c1NC. The van der Waals surface area contributed by atoms with Crippen LogP contribution < -0.4 is 20.4 Å². The highest BCUT2D eigenvalue weighted by molar-refractivity contribution is 6.06. The topological polar surface area (TPSA) is 91.2 Å². The first-order valence-electron chi connectivity index (χ1n) is 11.5. The highest BCUT2D eigenvalue weighted by Gasteiger charge is 2.48. The molecule has 1 saturated heterocycles. The van der Waals surface area contributed by atoms with Gasteiger partial charge in [-0.25, -0.2) is 9.97 Å². The van der Waals surface area contributed by atoms with Crippen LogP contribution in [0.4, 0.5) is 23.0 Å². The molecule has 1 aromatic carbocycles. The summed E-state index contributed by atoms with van der Waals surface area (Å²) in [7, 11) is 3.84. The molecule has 1 spiro atoms. The maximum atomic E-state index is 13.0. The average Bonchev–Trinajstić information content (AvgIpc) is 3.38. The number of nitrogens with one attached hydrogen (secondary N) is 2. The minimum absolute atomic E-state index is 0.120. The molecule has 9 heteroatoms. The largest absolute Gasteiger partial charge is 0.382 e. The van der Waals surface area contributed by atoms with E-state index in [2.05, 4.69) is 48.5 Å². The van der Waals surface area contributed by atoms with E-state index in [-0.39, 0.29) is 5.91 Å². The lowest BCUT2D eigenvalue weighted by Crippen LogP contribution is -2.47. The van der Waals surface area contributed by atoms with Crippen LogP contribution in [0.15, 0.2) is 43.0 Å². The number of para-hydroxylation sites is 1. The van der Waals surface area contributed by atoms with Gasteiger partial charge in [-0.3, -0.25) is 9.48 Å². The lowest BCUT2D eigenvalue weighted by Gasteiger charge is -2.39. The molecule has 2 aliphatic heterocycles. The van der Waals surface area contributed by atoms with Crippen LogP contribution in [0, 0.1) is 0 Å². The van der Waals surface area contributed by atoms with Gasteiger partial charge in [-0.15, -0.1) is 0 Å². The molecule has 172 valence electrons. The minimum atomic E-state index is -0.446. The molecule has 0 aliphatic carbocycles. The fourth-order valence-corrected chi connectivity index (χ4v) is 5.15. The lowest BCUT2D eigenvalue weighted by atomic mass is 9.73. The summed E-state index contributed by atoms with van der Waals surface area (Å²) in [5.41, 5.74) is 3.67. The van der Waals surface area contributed by atoms with E-state index in [0.29, 0.717) is 0 Å². The second kappa shape index (κ2) is 8.38. The molecule has 0 atom stereocenters. The van der Waals surface area contributed by atoms with Gasteiger partial charge in [-0.1, -0.05) is 18.2 Å². The van der Waals surface area contributed by atoms with E-state index < -0.39 is 5.41 Å². The number of hydrogen-bond donors (Lipinski definition) is 2. The molecule has 4 heterocycles. The molecule has 0 saturated carbocycles. The van der Waals surface area contributed by atoms with Gasteiger partial charge in [0, 0.05) is 57.7 Å². The first kappa shape index (κ1) is 21.2. The minimum Gasteiger partial charge on any atom is -0.382 e. The fourth-order valence-electron chi connectivity index (χ4n) is 5.15. The Kier molecular flexibility index (Phi) is 5.39. The third-order valence-corrected chi connectivity index (χ3v) is 6.91. The molecule has 5 rings (SSSR count). The van der Waals surface area contributed by atoms with Crippen molar-refractivity contribution < 1.29 is 4.79 Å². The Morgan fingerprint density at radius 1 is 1.21 bits per heavy atom. The van der Waals surface area contributed by atoms with Gasteiger partial charge in [-0.05, 0) is 31.4 Å². The third kappa shape index (κ3) is 3.57. The molecule has 33 heavy (non-hydrogen) atoms. The summed E-state index contributed by atoms with van der Waals surface area (Å²) >= 11 is 0. The predicted octanol–water partition coefficient (Wildman–Crippen LogP) is 2.77. The smallest absolute Gasteiger partial charge is 0.235 e. The van der Waals surface area contributed by atoms with Gasteiger partial charge >= 0.3 is 0 Å². The van der Waals surface area contributed by atoms with Gasteiger partial charge < -0.3 is 20.4 Å². The highest BCUT2D eigenvalue weighted by Crippen LogP contribution is 2.46. The summed E-state index contributed by atoms with van der Waals surface area (Å²) in [5, 5.41) is 10.7. The Morgan fingerprint density at radius 3 is 2.70 bits per heavy atom. The average molecular weight is 447 g/mol. The maximum absolute atomic E-state index is 13.0. The number of rotatable bonds is 6. The fraction of sp³-hybridized carbons (Fsp3) is 0.417. The maximum Gasteiger partial charge on any atom is 0.235 e. The molecule has 2 N–H and O–H groups in total. The van der Waals surface area contributed by atoms with Gasteiger partial charge in [0.05, 0.1) is 11.6 Å². The van der Waals surface area contributed by atoms with Crippen LogP contribution in [0.25, 0.3) is 0 Å². The molecule has 9 nitrogen and oxygen atoms in total. The van der Waals surface area contributed by atoms with E-state index in [0.717, 1.165) is 73.2 Å². The van der Waals surface area contributed by atoms with Crippen LogP contribution in [0.1, 0.15) is 30.9 Å². The Morgan fingerprint density at radius 2 is 2.00 bits per heavy atom. The van der Waals surface area contributed by atoms with Crippen LogP contribution >= 0.6 is 0 Å². The monoisotopic (exact) mass is 446 g/mol. The number of aromatic nitrogens is 4. The van der Waals surface area contributed by atoms with Crippen LogP contribution in [0.3, 0.4) is 0 Å². The summed E-state index contributed by atoms with van der Waals surface area (Å²) in [4.78, 5) is 26.7. The van der Waals surface area contributed by atoms with Crippen LogP contribution in [0.2, 0.25) is 0 Å². The molecular weight excluding hydrogens is 416 g/mol. The van der Waals surface area contributed by atoms with E-state index >= 15 is 0 Å². The number of fused-ring (bicyclic) bond motifs is 2. The van der Waals surface area contributed by atoms with Gasteiger partial charge in [0.1, 0.15) is 12.0 Å². The van der Waals surface area contributed by atoms with Crippen molar-refractivity contribution in [2.24, 2.45) is 7.05 Å². The summed E-state index contributed by atoms with van der Waals surface area (Å²) < 4.78 is 1.81. The first-order chi connectivity index (χ1) is 16.1. The third-order valence-electron chi connectivity index (χ3n) is 6.91. The Labute approximate surface area is 193 Å². The Hall–Kier alpha value is -3.62. The molecule has 1 amide bonds. The normalized spacial score (nSPS) is 16.6. The molecule has 2 aromatic heterocycles. The summed E-state index contributed by atoms with van der Waals surface area (Å²) in [6.07, 6.45) is 7.06. The second-order valence-corrected chi connectivity index (χ2v) is 8.75. The van der Waals surface area contributed by atoms with Crippen LogP contribution in [0.5, 0.6) is 0 Å². The number of benzene rings is 1. The van der Waals surface area contributed by atoms with Crippen molar-refractivity contribution in [1.82, 2.24) is 19.7 Å². The number of amides is 1. The lowest BCUT2D eigenvalue weighted by molar-refractivity contribution is -0.121. The molecule has 3 aromatic rings. The summed E-state index contributed by atoms with van der Waals surface area (Å²) in [6.45, 7) is 5.15. The predicted molar refractivity (Wildman–Crippen MR) is 130 cm³/mol. The summed E-state index contributed by atoms with van der Waals surface area (Å²) in [5.74, 6) is 1.88. The van der Waals surface area contributed by atoms with Crippen molar-refractivity contribution in [3.8, 4) is 0 Å². The van der Waals surface area contributed by atoms with Crippen molar-refractivity contribution >= 4 is 28.9 Å². The molecule has 0 bridgehead atoms. The zero-order chi connectivity index (χ0) is 23.0. The number of aryl methyl sites for hydroxylation is 1. The van der Waals surface area contributed by atoms with Crippen molar-refractivity contribution in [3.63, 3.8) is 0 Å². The Balaban J connectivity index is 1.40. The number of anilines is 4. The number of hydrogen-bond acceptors (Lipinski definition) is 7. The van der Waals surface area contributed by atoms with Crippen LogP contribution in [-0.4, -0.2) is 52.3 Å². The van der Waals surface area contributed by atoms with Crippen LogP contribution in [-0.2, 0) is 23.8 Å². The quantitative estimate of drug-likeness (QED) is 0.602. The van der Waals surface area contributed by atoms with E-state index in [1.54, 1.807) is 6.33 Å². The molecular formula is C24H30N8O. The van der Waals surface area contributed by atoms with Gasteiger partial charge in [0.2, 0.25) is 5.91 Å². The molecule has 1 fully saturated rings. The van der Waals surface area contributed by atoms with Crippen molar-refractivity contribution in [2.75, 3.05) is 47.1 Å². The highest BCUT2D eigenvalue weighted by atomic mass is 16.2. The van der Waals surface area contributed by atoms with Gasteiger partial charge in [0.15, 0.2) is 11.6 Å². The zero-order valence-corrected chi connectivity index (χ0v) is 19.4. The number of nitrogens with zero attached hydrogens (tertiary/aromatic N) is 6. The van der Waals surface area contributed by atoms with E-state index in [1.807, 2.05) is 49.4 Å². The van der Waals surface area contributed by atoms with Crippen molar-refractivity contribution in [3.05, 3.63) is 54.1 Å². The van der Waals surface area contributed by atoms with E-state index in [9.17, 15) is 4.79 Å². The number of piperidine rings is 1. The van der Waals surface area contributed by atoms with Crippen molar-refractivity contribution in [2.45, 2.75) is 31.7 Å². The second-order valence-electron chi connectivity index (χ2n) is 8.75. The molecule has 0 radical (unpaired) electrons. The zero-order valence-electron chi connectivity index (χ0n) is 19.4. The Bertz CT molecular complexity index is 1160.